The molecule has 4 rings (SSSR count). The normalized spacial score (nSPS) is 47.7. The van der Waals surface area contributed by atoms with Gasteiger partial charge in [-0.1, -0.05) is 49.5 Å². The zero-order valence-electron chi connectivity index (χ0n) is 18.7. The summed E-state index contributed by atoms with van der Waals surface area (Å²) < 4.78 is 4.86. The molecule has 4 aliphatic carbocycles. The second kappa shape index (κ2) is 7.95. The Morgan fingerprint density at radius 2 is 1.79 bits per heavy atom. The molecule has 9 atom stereocenters. The molecule has 3 nitrogen and oxygen atoms in total. The Labute approximate surface area is 185 Å². The van der Waals surface area contributed by atoms with Gasteiger partial charge in [0, 0.05) is 12.3 Å². The molecule has 0 amide bonds. The van der Waals surface area contributed by atoms with Gasteiger partial charge in [0.05, 0.1) is 11.9 Å². The number of carbonyl (C=O) groups excluding carboxylic acids is 2. The van der Waals surface area contributed by atoms with Crippen molar-refractivity contribution in [2.75, 3.05) is 7.11 Å². The van der Waals surface area contributed by atoms with E-state index in [0.29, 0.717) is 47.2 Å². The molecule has 0 aromatic rings. The number of halogens is 1. The first-order valence-corrected chi connectivity index (χ1v) is 12.9. The Morgan fingerprint density at radius 1 is 1.07 bits per heavy atom. The summed E-state index contributed by atoms with van der Waals surface area (Å²) in [5.74, 6) is 3.45. The number of carbonyl (C=O) groups is 2. The number of ether oxygens (including phenoxy) is 1. The van der Waals surface area contributed by atoms with Crippen LogP contribution >= 0.6 is 15.9 Å². The van der Waals surface area contributed by atoms with E-state index in [4.69, 9.17) is 4.74 Å². The van der Waals surface area contributed by atoms with Crippen LogP contribution in [0.2, 0.25) is 0 Å². The van der Waals surface area contributed by atoms with E-state index in [-0.39, 0.29) is 22.1 Å². The van der Waals surface area contributed by atoms with Crippen molar-refractivity contribution in [1.82, 2.24) is 0 Å². The van der Waals surface area contributed by atoms with Gasteiger partial charge in [0.15, 0.2) is 0 Å². The van der Waals surface area contributed by atoms with Gasteiger partial charge >= 0.3 is 5.97 Å². The number of rotatable bonds is 4. The van der Waals surface area contributed by atoms with Crippen LogP contribution in [0, 0.1) is 46.3 Å². The first-order valence-electron chi connectivity index (χ1n) is 12.0. The van der Waals surface area contributed by atoms with Crippen molar-refractivity contribution in [1.29, 1.82) is 0 Å². The maximum atomic E-state index is 13.7. The minimum absolute atomic E-state index is 0.0622. The maximum absolute atomic E-state index is 13.7. The number of alkyl halides is 1. The van der Waals surface area contributed by atoms with Gasteiger partial charge < -0.3 is 4.74 Å². The number of ketones is 1. The third kappa shape index (κ3) is 3.34. The Kier molecular flexibility index (Phi) is 5.99. The summed E-state index contributed by atoms with van der Waals surface area (Å²) >= 11 is 3.90. The Morgan fingerprint density at radius 3 is 2.52 bits per heavy atom. The fourth-order valence-corrected chi connectivity index (χ4v) is 9.78. The van der Waals surface area contributed by atoms with Crippen LogP contribution in [0.1, 0.15) is 85.0 Å². The van der Waals surface area contributed by atoms with Gasteiger partial charge in [-0.3, -0.25) is 9.59 Å². The first-order chi connectivity index (χ1) is 13.7. The molecule has 4 aliphatic rings. The molecule has 4 fully saturated rings. The second-order valence-electron chi connectivity index (χ2n) is 11.2. The van der Waals surface area contributed by atoms with Crippen LogP contribution in [0.25, 0.3) is 0 Å². The highest BCUT2D eigenvalue weighted by Crippen LogP contribution is 2.68. The molecule has 164 valence electrons. The fourth-order valence-electron chi connectivity index (χ4n) is 8.61. The molecule has 0 bridgehead atoms. The van der Waals surface area contributed by atoms with Gasteiger partial charge in [-0.25, -0.2) is 0 Å². The highest BCUT2D eigenvalue weighted by atomic mass is 79.9. The van der Waals surface area contributed by atoms with Crippen LogP contribution in [0.15, 0.2) is 0 Å². The number of hydrogen-bond donors (Lipinski definition) is 0. The first kappa shape index (κ1) is 21.8. The lowest BCUT2D eigenvalue weighted by Crippen LogP contribution is -2.60. The molecule has 0 aromatic carbocycles. The van der Waals surface area contributed by atoms with Crippen molar-refractivity contribution in [2.45, 2.75) is 89.8 Å². The predicted molar refractivity (Wildman–Crippen MR) is 119 cm³/mol. The lowest BCUT2D eigenvalue weighted by molar-refractivity contribution is -0.154. The number of hydrogen-bond acceptors (Lipinski definition) is 3. The minimum atomic E-state index is -0.0962. The van der Waals surface area contributed by atoms with Gasteiger partial charge in [-0.2, -0.15) is 0 Å². The van der Waals surface area contributed by atoms with Crippen LogP contribution in [0.4, 0.5) is 0 Å². The van der Waals surface area contributed by atoms with E-state index in [1.165, 1.54) is 58.5 Å². The quantitative estimate of drug-likeness (QED) is 0.367. The summed E-state index contributed by atoms with van der Waals surface area (Å²) in [6, 6.07) is 0. The van der Waals surface area contributed by atoms with Crippen molar-refractivity contribution in [3.05, 3.63) is 0 Å². The van der Waals surface area contributed by atoms with Crippen LogP contribution in [-0.2, 0) is 14.3 Å². The smallest absolute Gasteiger partial charge is 0.305 e. The van der Waals surface area contributed by atoms with Crippen molar-refractivity contribution in [2.24, 2.45) is 46.3 Å². The number of fused-ring (bicyclic) bond motifs is 5. The topological polar surface area (TPSA) is 43.4 Å². The van der Waals surface area contributed by atoms with Gasteiger partial charge in [0.1, 0.15) is 5.78 Å². The fraction of sp³-hybridized carbons (Fsp3) is 0.920. The number of esters is 1. The summed E-state index contributed by atoms with van der Waals surface area (Å²) in [5, 5.41) is 0. The molecule has 0 heterocycles. The molecule has 0 aliphatic heterocycles. The van der Waals surface area contributed by atoms with E-state index in [2.05, 4.69) is 36.7 Å². The van der Waals surface area contributed by atoms with E-state index < -0.39 is 0 Å². The summed E-state index contributed by atoms with van der Waals surface area (Å²) in [6.07, 6.45) is 11.4. The van der Waals surface area contributed by atoms with Crippen molar-refractivity contribution in [3.63, 3.8) is 0 Å². The van der Waals surface area contributed by atoms with E-state index in [1.807, 2.05) is 0 Å². The highest BCUT2D eigenvalue weighted by Gasteiger charge is 2.64. The van der Waals surface area contributed by atoms with Gasteiger partial charge in [0.25, 0.3) is 0 Å². The zero-order valence-corrected chi connectivity index (χ0v) is 20.3. The summed E-state index contributed by atoms with van der Waals surface area (Å²) in [7, 11) is 1.48. The predicted octanol–water partition coefficient (Wildman–Crippen LogP) is 6.18. The molecule has 29 heavy (non-hydrogen) atoms. The van der Waals surface area contributed by atoms with Crippen LogP contribution in [0.3, 0.4) is 0 Å². The summed E-state index contributed by atoms with van der Waals surface area (Å²) in [5.41, 5.74) is 0.581. The van der Waals surface area contributed by atoms with Gasteiger partial charge in [-0.05, 0) is 85.4 Å². The molecule has 0 N–H and O–H groups in total. The lowest BCUT2D eigenvalue weighted by Gasteiger charge is -2.61. The summed E-state index contributed by atoms with van der Waals surface area (Å²) in [6.45, 7) is 7.32. The molecule has 4 saturated carbocycles. The van der Waals surface area contributed by atoms with Gasteiger partial charge in [-0.15, -0.1) is 0 Å². The molecule has 0 saturated heterocycles. The van der Waals surface area contributed by atoms with Crippen LogP contribution in [-0.4, -0.2) is 23.7 Å². The Hall–Kier alpha value is -0.380. The van der Waals surface area contributed by atoms with Crippen molar-refractivity contribution >= 4 is 27.7 Å². The molecular weight excluding hydrogens is 428 g/mol. The molecule has 4 heteroatoms. The monoisotopic (exact) mass is 466 g/mol. The summed E-state index contributed by atoms with van der Waals surface area (Å²) in [4.78, 5) is 25.4. The van der Waals surface area contributed by atoms with Crippen LogP contribution in [0.5, 0.6) is 0 Å². The molecule has 0 spiro atoms. The molecule has 0 radical (unpaired) electrons. The molecular formula is C25H39BrO3. The van der Waals surface area contributed by atoms with E-state index in [0.717, 1.165) is 6.42 Å². The number of Topliss-reactive ketones (excluding diaryl/α,β-unsaturated/α-hetero) is 1. The largest absolute Gasteiger partial charge is 0.469 e. The molecule has 0 aromatic heterocycles. The maximum Gasteiger partial charge on any atom is 0.305 e. The zero-order chi connectivity index (χ0) is 21.0. The highest BCUT2D eigenvalue weighted by molar-refractivity contribution is 9.10. The lowest BCUT2D eigenvalue weighted by atomic mass is 9.44. The van der Waals surface area contributed by atoms with Crippen molar-refractivity contribution in [3.8, 4) is 0 Å². The van der Waals surface area contributed by atoms with Crippen LogP contribution < -0.4 is 0 Å². The SMILES string of the molecule is COC(=O)CC[C@H](C)[C@H]1CC[C@@H]2[C@@H]3C(=O)[C@H](Br)[C@@H]4CCCC[C@]4(C)[C@@H]3CC[C@@]21C. The third-order valence-corrected chi connectivity index (χ3v) is 11.3. The average molecular weight is 467 g/mol. The minimum Gasteiger partial charge on any atom is -0.469 e. The third-order valence-electron chi connectivity index (χ3n) is 10.2. The van der Waals surface area contributed by atoms with E-state index in [1.54, 1.807) is 0 Å². The number of methoxy groups -OCH3 is 1. The molecule has 0 unspecified atom stereocenters. The van der Waals surface area contributed by atoms with E-state index in [9.17, 15) is 9.59 Å². The van der Waals surface area contributed by atoms with Gasteiger partial charge in [0.2, 0.25) is 0 Å². The second-order valence-corrected chi connectivity index (χ2v) is 12.2. The van der Waals surface area contributed by atoms with Crippen molar-refractivity contribution < 1.29 is 14.3 Å². The standard InChI is InChI=1S/C25H39BrO3/c1-15(8-11-20(27)29-4)16-9-10-17-21-18(12-14-25(16,17)3)24(2)13-6-5-7-19(24)22(26)23(21)28/h15-19,21-22H,5-14H2,1-4H3/t15-,16+,17+,18+,19-,21-,22+,24+,25+/m0/s1. The Balaban J connectivity index is 1.57. The average Bonchev–Trinajstić information content (AvgIpc) is 3.06. The van der Waals surface area contributed by atoms with E-state index >= 15 is 0 Å². The Bertz CT molecular complexity index is 662.